The molecule has 0 saturated carbocycles. The molecule has 0 fully saturated rings. The van der Waals surface area contributed by atoms with Crippen molar-refractivity contribution < 1.29 is 4.74 Å². The fourth-order valence-electron chi connectivity index (χ4n) is 2.82. The van der Waals surface area contributed by atoms with Gasteiger partial charge in [-0.25, -0.2) is 4.99 Å². The molecule has 4 heteroatoms. The summed E-state index contributed by atoms with van der Waals surface area (Å²) in [7, 11) is 1.67. The molecule has 0 spiro atoms. The Morgan fingerprint density at radius 2 is 1.73 bits per heavy atom. The zero-order valence-corrected chi connectivity index (χ0v) is 13.0. The number of aliphatic imine (C=N–C) groups is 2. The van der Waals surface area contributed by atoms with Crippen LogP contribution in [0.25, 0.3) is 11.1 Å². The normalized spacial score (nSPS) is 20.5. The van der Waals surface area contributed by atoms with Crippen LogP contribution >= 0.6 is 0 Å². The van der Waals surface area contributed by atoms with Gasteiger partial charge in [-0.3, -0.25) is 4.99 Å². The SMILES string of the molecule is COc1c(-c2ccccc2)cccc1C1(C)N=C(C)C(N)=N1. The van der Waals surface area contributed by atoms with Crippen molar-refractivity contribution in [3.05, 3.63) is 54.1 Å². The standard InChI is InChI=1S/C18H19N3O/c1-12-17(19)21-18(2,20-12)15-11-7-10-14(16(15)22-3)13-8-5-4-6-9-13/h4-11H,1-3H3,(H2,19,21). The van der Waals surface area contributed by atoms with Gasteiger partial charge in [0.1, 0.15) is 11.6 Å². The predicted molar refractivity (Wildman–Crippen MR) is 90.5 cm³/mol. The molecule has 0 amide bonds. The number of para-hydroxylation sites is 1. The lowest BCUT2D eigenvalue weighted by atomic mass is 9.95. The topological polar surface area (TPSA) is 60.0 Å². The van der Waals surface area contributed by atoms with Crippen LogP contribution in [0, 0.1) is 0 Å². The van der Waals surface area contributed by atoms with Crippen molar-refractivity contribution in [1.29, 1.82) is 0 Å². The van der Waals surface area contributed by atoms with E-state index in [4.69, 9.17) is 10.5 Å². The molecule has 0 bridgehead atoms. The third-order valence-corrected chi connectivity index (χ3v) is 3.91. The summed E-state index contributed by atoms with van der Waals surface area (Å²) in [6.45, 7) is 3.82. The van der Waals surface area contributed by atoms with E-state index < -0.39 is 5.66 Å². The van der Waals surface area contributed by atoms with Crippen molar-refractivity contribution in [2.24, 2.45) is 15.7 Å². The maximum atomic E-state index is 5.91. The summed E-state index contributed by atoms with van der Waals surface area (Å²) in [5.41, 5.74) is 8.97. The molecule has 1 aliphatic heterocycles. The Hall–Kier alpha value is -2.62. The Kier molecular flexibility index (Phi) is 3.45. The highest BCUT2D eigenvalue weighted by molar-refractivity contribution is 6.41. The second-order valence-electron chi connectivity index (χ2n) is 5.47. The van der Waals surface area contributed by atoms with Crippen LogP contribution in [0.15, 0.2) is 58.5 Å². The first-order valence-electron chi connectivity index (χ1n) is 7.20. The molecule has 0 saturated heterocycles. The van der Waals surface area contributed by atoms with Crippen molar-refractivity contribution in [3.63, 3.8) is 0 Å². The molecule has 3 rings (SSSR count). The van der Waals surface area contributed by atoms with Crippen LogP contribution in [0.1, 0.15) is 19.4 Å². The molecule has 1 heterocycles. The maximum Gasteiger partial charge on any atom is 0.179 e. The van der Waals surface area contributed by atoms with Crippen molar-refractivity contribution in [2.45, 2.75) is 19.5 Å². The van der Waals surface area contributed by atoms with Crippen molar-refractivity contribution in [1.82, 2.24) is 0 Å². The van der Waals surface area contributed by atoms with E-state index >= 15 is 0 Å². The molecule has 4 nitrogen and oxygen atoms in total. The van der Waals surface area contributed by atoms with Gasteiger partial charge in [-0.2, -0.15) is 0 Å². The van der Waals surface area contributed by atoms with Crippen molar-refractivity contribution in [3.8, 4) is 16.9 Å². The molecule has 2 aromatic carbocycles. The van der Waals surface area contributed by atoms with E-state index in [1.165, 1.54) is 0 Å². The number of ether oxygens (including phenoxy) is 1. The molecular formula is C18H19N3O. The Balaban J connectivity index is 2.19. The Morgan fingerprint density at radius 1 is 1.00 bits per heavy atom. The van der Waals surface area contributed by atoms with Gasteiger partial charge in [-0.1, -0.05) is 48.5 Å². The summed E-state index contributed by atoms with van der Waals surface area (Å²) in [5, 5.41) is 0. The fourth-order valence-corrected chi connectivity index (χ4v) is 2.82. The van der Waals surface area contributed by atoms with Gasteiger partial charge in [-0.05, 0) is 19.4 Å². The number of nitrogens with zero attached hydrogens (tertiary/aromatic N) is 2. The highest BCUT2D eigenvalue weighted by Crippen LogP contribution is 2.42. The number of hydrogen-bond acceptors (Lipinski definition) is 4. The second kappa shape index (κ2) is 5.30. The van der Waals surface area contributed by atoms with Crippen LogP contribution in [0.5, 0.6) is 5.75 Å². The van der Waals surface area contributed by atoms with Crippen LogP contribution in [-0.2, 0) is 5.66 Å². The van der Waals surface area contributed by atoms with E-state index in [1.54, 1.807) is 7.11 Å². The lowest BCUT2D eigenvalue weighted by Gasteiger charge is -2.22. The molecule has 112 valence electrons. The van der Waals surface area contributed by atoms with Crippen molar-refractivity contribution >= 4 is 11.5 Å². The summed E-state index contributed by atoms with van der Waals surface area (Å²) in [5.74, 6) is 1.26. The summed E-state index contributed by atoms with van der Waals surface area (Å²) < 4.78 is 5.70. The van der Waals surface area contributed by atoms with E-state index in [-0.39, 0.29) is 0 Å². The average Bonchev–Trinajstić information content (AvgIpc) is 2.81. The predicted octanol–water partition coefficient (Wildman–Crippen LogP) is 3.37. The molecular weight excluding hydrogens is 274 g/mol. The smallest absolute Gasteiger partial charge is 0.179 e. The Morgan fingerprint density at radius 3 is 2.32 bits per heavy atom. The van der Waals surface area contributed by atoms with Gasteiger partial charge >= 0.3 is 0 Å². The quantitative estimate of drug-likeness (QED) is 0.943. The Bertz CT molecular complexity index is 745. The molecule has 0 aromatic heterocycles. The van der Waals surface area contributed by atoms with Crippen LogP contribution in [0.3, 0.4) is 0 Å². The van der Waals surface area contributed by atoms with Gasteiger partial charge in [0.25, 0.3) is 0 Å². The van der Waals surface area contributed by atoms with Crippen molar-refractivity contribution in [2.75, 3.05) is 7.11 Å². The number of benzene rings is 2. The lowest BCUT2D eigenvalue weighted by molar-refractivity contribution is 0.395. The molecule has 1 unspecified atom stereocenters. The number of rotatable bonds is 3. The summed E-state index contributed by atoms with van der Waals surface area (Å²) in [6, 6.07) is 16.2. The molecule has 1 atom stereocenters. The van der Waals surface area contributed by atoms with E-state index in [9.17, 15) is 0 Å². The number of nitrogens with two attached hydrogens (primary N) is 1. The van der Waals surface area contributed by atoms with Gasteiger partial charge < -0.3 is 10.5 Å². The maximum absolute atomic E-state index is 5.91. The fraction of sp³-hybridized carbons (Fsp3) is 0.222. The number of hydrogen-bond donors (Lipinski definition) is 1. The third-order valence-electron chi connectivity index (χ3n) is 3.91. The van der Waals surface area contributed by atoms with E-state index in [0.29, 0.717) is 5.84 Å². The largest absolute Gasteiger partial charge is 0.496 e. The van der Waals surface area contributed by atoms with Gasteiger partial charge in [0.2, 0.25) is 0 Å². The third kappa shape index (κ3) is 2.26. The molecule has 2 N–H and O–H groups in total. The molecule has 0 aliphatic carbocycles. The monoisotopic (exact) mass is 293 g/mol. The minimum absolute atomic E-state index is 0.481. The van der Waals surface area contributed by atoms with E-state index in [0.717, 1.165) is 28.2 Å². The molecule has 22 heavy (non-hydrogen) atoms. The first-order chi connectivity index (χ1) is 10.5. The molecule has 2 aromatic rings. The summed E-state index contributed by atoms with van der Waals surface area (Å²) in [4.78, 5) is 9.15. The van der Waals surface area contributed by atoms with Gasteiger partial charge in [0.05, 0.1) is 12.8 Å². The Labute approximate surface area is 130 Å². The van der Waals surface area contributed by atoms with E-state index in [1.807, 2.05) is 50.2 Å². The zero-order chi connectivity index (χ0) is 15.7. The van der Waals surface area contributed by atoms with Gasteiger partial charge in [0, 0.05) is 11.1 Å². The number of amidine groups is 1. The second-order valence-corrected chi connectivity index (χ2v) is 5.47. The van der Waals surface area contributed by atoms with Crippen LogP contribution in [-0.4, -0.2) is 18.7 Å². The van der Waals surface area contributed by atoms with Gasteiger partial charge in [-0.15, -0.1) is 0 Å². The lowest BCUT2D eigenvalue weighted by Crippen LogP contribution is -2.18. The van der Waals surface area contributed by atoms with Crippen LogP contribution in [0.2, 0.25) is 0 Å². The van der Waals surface area contributed by atoms with E-state index in [2.05, 4.69) is 22.1 Å². The minimum atomic E-state index is -0.732. The minimum Gasteiger partial charge on any atom is -0.496 e. The summed E-state index contributed by atoms with van der Waals surface area (Å²) in [6.07, 6.45) is 0. The van der Waals surface area contributed by atoms with Gasteiger partial charge in [0.15, 0.2) is 5.66 Å². The first-order valence-corrected chi connectivity index (χ1v) is 7.20. The first kappa shape index (κ1) is 14.3. The van der Waals surface area contributed by atoms with Crippen LogP contribution < -0.4 is 10.5 Å². The van der Waals surface area contributed by atoms with Crippen LogP contribution in [0.4, 0.5) is 0 Å². The highest BCUT2D eigenvalue weighted by atomic mass is 16.5. The zero-order valence-electron chi connectivity index (χ0n) is 13.0. The average molecular weight is 293 g/mol. The molecule has 0 radical (unpaired) electrons. The summed E-state index contributed by atoms with van der Waals surface area (Å²) >= 11 is 0. The highest BCUT2D eigenvalue weighted by Gasteiger charge is 2.34. The number of methoxy groups -OCH3 is 1. The molecule has 1 aliphatic rings.